The molecule has 11 heteroatoms. The molecule has 2 aromatic carbocycles. The van der Waals surface area contributed by atoms with E-state index in [1.165, 1.54) is 50.6 Å². The van der Waals surface area contributed by atoms with Crippen molar-refractivity contribution in [2.24, 2.45) is 0 Å². The lowest BCUT2D eigenvalue weighted by Gasteiger charge is -2.18. The number of rotatable bonds is 14. The molecule has 1 N–H and O–H groups in total. The molecule has 36 heavy (non-hydrogen) atoms. The summed E-state index contributed by atoms with van der Waals surface area (Å²) in [6.45, 7) is 10.6. The van der Waals surface area contributed by atoms with Crippen molar-refractivity contribution >= 4 is 23.3 Å². The smallest absolute Gasteiger partial charge is 0.342 e. The molecule has 0 radical (unpaired) electrons. The van der Waals surface area contributed by atoms with Gasteiger partial charge in [0.15, 0.2) is 17.2 Å². The minimum absolute atomic E-state index is 0.0179. The highest BCUT2D eigenvalue weighted by Gasteiger charge is 2.28. The second kappa shape index (κ2) is 13.2. The van der Waals surface area contributed by atoms with Crippen LogP contribution in [0, 0.1) is 10.1 Å². The lowest BCUT2D eigenvalue weighted by atomic mass is 10.1. The number of nitrogens with one attached hydrogen (secondary N) is 1. The molecule has 0 saturated heterocycles. The zero-order chi connectivity index (χ0) is 26.7. The van der Waals surface area contributed by atoms with Crippen LogP contribution in [0.3, 0.4) is 0 Å². The minimum Gasteiger partial charge on any atom is -0.491 e. The molecule has 2 rings (SSSR count). The average molecular weight is 498 g/mol. The molecule has 0 fully saturated rings. The summed E-state index contributed by atoms with van der Waals surface area (Å²) in [5, 5.41) is 14.1. The van der Waals surface area contributed by atoms with E-state index >= 15 is 0 Å². The monoisotopic (exact) mass is 498 g/mol. The normalized spacial score (nSPS) is 9.94. The van der Waals surface area contributed by atoms with Crippen molar-refractivity contribution in [2.45, 2.75) is 0 Å². The molecular weight excluding hydrogens is 472 g/mol. The summed E-state index contributed by atoms with van der Waals surface area (Å²) in [6, 6.07) is 5.18. The number of nitro groups is 1. The first-order valence-electron chi connectivity index (χ1n) is 10.5. The third-order valence-electron chi connectivity index (χ3n) is 4.54. The van der Waals surface area contributed by atoms with Crippen LogP contribution >= 0.6 is 0 Å². The molecule has 1 amide bonds. The number of esters is 1. The standard InChI is InChI=1S/C25H26N2O9/c1-6-13-34-20-16(10-12-19(27(30)31)23(20)33-5)24(28)26-18-11-9-17(25(29)36-15-8-3)21(22(18)32-4)35-14-7-2/h6-12H,1-3,13-15H2,4-5H3,(H,26,28). The molecule has 2 aromatic rings. The van der Waals surface area contributed by atoms with Gasteiger partial charge in [-0.25, -0.2) is 4.79 Å². The number of methoxy groups -OCH3 is 2. The summed E-state index contributed by atoms with van der Waals surface area (Å²) in [4.78, 5) is 36.5. The SMILES string of the molecule is C=CCOC(=O)c1ccc(NC(=O)c2ccc([N+](=O)[O-])c(OC)c2OCC=C)c(OC)c1OCC=C. The highest BCUT2D eigenvalue weighted by atomic mass is 16.6. The second-order valence-electron chi connectivity index (χ2n) is 6.82. The van der Waals surface area contributed by atoms with Crippen LogP contribution in [0.2, 0.25) is 0 Å². The molecule has 190 valence electrons. The van der Waals surface area contributed by atoms with Crippen molar-refractivity contribution < 1.29 is 38.2 Å². The van der Waals surface area contributed by atoms with Gasteiger partial charge in [0, 0.05) is 6.07 Å². The van der Waals surface area contributed by atoms with E-state index in [0.717, 1.165) is 6.07 Å². The van der Waals surface area contributed by atoms with Gasteiger partial charge in [-0.15, -0.1) is 0 Å². The molecular formula is C25H26N2O9. The Balaban J connectivity index is 2.56. The van der Waals surface area contributed by atoms with E-state index in [2.05, 4.69) is 25.1 Å². The predicted molar refractivity (Wildman–Crippen MR) is 132 cm³/mol. The van der Waals surface area contributed by atoms with Crippen LogP contribution in [0.25, 0.3) is 0 Å². The van der Waals surface area contributed by atoms with E-state index in [9.17, 15) is 19.7 Å². The Bertz CT molecular complexity index is 1170. The fraction of sp³-hybridized carbons (Fsp3) is 0.200. The fourth-order valence-corrected chi connectivity index (χ4v) is 3.07. The second-order valence-corrected chi connectivity index (χ2v) is 6.82. The molecule has 0 aliphatic heterocycles. The molecule has 0 aromatic heterocycles. The molecule has 0 saturated carbocycles. The maximum Gasteiger partial charge on any atom is 0.342 e. The summed E-state index contributed by atoms with van der Waals surface area (Å²) in [6.07, 6.45) is 4.30. The predicted octanol–water partition coefficient (Wildman–Crippen LogP) is 4.34. The van der Waals surface area contributed by atoms with E-state index in [1.807, 2.05) is 0 Å². The summed E-state index contributed by atoms with van der Waals surface area (Å²) in [5.41, 5.74) is -0.230. The van der Waals surface area contributed by atoms with Gasteiger partial charge in [-0.2, -0.15) is 0 Å². The molecule has 0 atom stereocenters. The number of nitrogens with zero attached hydrogens (tertiary/aromatic N) is 1. The Morgan fingerprint density at radius 1 is 0.861 bits per heavy atom. The van der Waals surface area contributed by atoms with Crippen LogP contribution in [0.5, 0.6) is 23.0 Å². The molecule has 0 unspecified atom stereocenters. The van der Waals surface area contributed by atoms with Crippen LogP contribution in [0.4, 0.5) is 11.4 Å². The number of carbonyl (C=O) groups excluding carboxylic acids is 2. The third kappa shape index (κ3) is 6.20. The number of hydrogen-bond donors (Lipinski definition) is 1. The van der Waals surface area contributed by atoms with Crippen molar-refractivity contribution in [3.8, 4) is 23.0 Å². The van der Waals surface area contributed by atoms with Gasteiger partial charge in [-0.1, -0.05) is 38.0 Å². The van der Waals surface area contributed by atoms with Crippen molar-refractivity contribution in [2.75, 3.05) is 39.4 Å². The number of anilines is 1. The number of ether oxygens (including phenoxy) is 5. The van der Waals surface area contributed by atoms with E-state index in [4.69, 9.17) is 23.7 Å². The number of carbonyl (C=O) groups is 2. The highest BCUT2D eigenvalue weighted by Crippen LogP contribution is 2.42. The maximum absolute atomic E-state index is 13.2. The van der Waals surface area contributed by atoms with Gasteiger partial charge in [0.05, 0.1) is 30.4 Å². The fourth-order valence-electron chi connectivity index (χ4n) is 3.07. The van der Waals surface area contributed by atoms with Gasteiger partial charge in [-0.05, 0) is 18.2 Å². The number of amides is 1. The lowest BCUT2D eigenvalue weighted by Crippen LogP contribution is -2.16. The topological polar surface area (TPSA) is 135 Å². The largest absolute Gasteiger partial charge is 0.491 e. The van der Waals surface area contributed by atoms with Gasteiger partial charge < -0.3 is 29.0 Å². The van der Waals surface area contributed by atoms with Gasteiger partial charge in [0.25, 0.3) is 5.91 Å². The summed E-state index contributed by atoms with van der Waals surface area (Å²) < 4.78 is 26.9. The maximum atomic E-state index is 13.2. The quantitative estimate of drug-likeness (QED) is 0.175. The summed E-state index contributed by atoms with van der Waals surface area (Å²) in [7, 11) is 2.55. The van der Waals surface area contributed by atoms with Gasteiger partial charge in [0.1, 0.15) is 25.4 Å². The molecule has 0 heterocycles. The lowest BCUT2D eigenvalue weighted by molar-refractivity contribution is -0.385. The van der Waals surface area contributed by atoms with Crippen LogP contribution in [0.1, 0.15) is 20.7 Å². The number of hydrogen-bond acceptors (Lipinski definition) is 9. The summed E-state index contributed by atoms with van der Waals surface area (Å²) >= 11 is 0. The van der Waals surface area contributed by atoms with E-state index in [0.29, 0.717) is 0 Å². The molecule has 0 bridgehead atoms. The van der Waals surface area contributed by atoms with E-state index in [1.54, 1.807) is 0 Å². The van der Waals surface area contributed by atoms with Crippen LogP contribution in [-0.4, -0.2) is 50.8 Å². The molecule has 0 aliphatic carbocycles. The average Bonchev–Trinajstić information content (AvgIpc) is 2.88. The zero-order valence-corrected chi connectivity index (χ0v) is 19.9. The van der Waals surface area contributed by atoms with Crippen molar-refractivity contribution in [3.63, 3.8) is 0 Å². The molecule has 0 spiro atoms. The Morgan fingerprint density at radius 3 is 1.94 bits per heavy atom. The van der Waals surface area contributed by atoms with Crippen molar-refractivity contribution in [1.82, 2.24) is 0 Å². The first-order valence-corrected chi connectivity index (χ1v) is 10.5. The summed E-state index contributed by atoms with van der Waals surface area (Å²) in [5.74, 6) is -1.69. The van der Waals surface area contributed by atoms with E-state index < -0.39 is 16.8 Å². The van der Waals surface area contributed by atoms with Crippen LogP contribution in [-0.2, 0) is 4.74 Å². The van der Waals surface area contributed by atoms with Crippen LogP contribution in [0.15, 0.2) is 62.2 Å². The zero-order valence-electron chi connectivity index (χ0n) is 19.9. The van der Waals surface area contributed by atoms with Crippen LogP contribution < -0.4 is 24.3 Å². The molecule has 11 nitrogen and oxygen atoms in total. The molecule has 0 aliphatic rings. The van der Waals surface area contributed by atoms with Crippen molar-refractivity contribution in [1.29, 1.82) is 0 Å². The van der Waals surface area contributed by atoms with Crippen molar-refractivity contribution in [3.05, 3.63) is 83.5 Å². The Labute approximate surface area is 207 Å². The Kier molecular flexibility index (Phi) is 10.0. The number of benzene rings is 2. The van der Waals surface area contributed by atoms with E-state index in [-0.39, 0.29) is 65.3 Å². The minimum atomic E-state index is -0.697. The van der Waals surface area contributed by atoms with Gasteiger partial charge >= 0.3 is 11.7 Å². The first-order chi connectivity index (χ1) is 17.3. The highest BCUT2D eigenvalue weighted by molar-refractivity contribution is 6.08. The number of nitro benzene ring substituents is 1. The Morgan fingerprint density at radius 2 is 1.42 bits per heavy atom. The van der Waals surface area contributed by atoms with Gasteiger partial charge in [-0.3, -0.25) is 14.9 Å². The first kappa shape index (κ1) is 27.4. The van der Waals surface area contributed by atoms with Gasteiger partial charge in [0.2, 0.25) is 5.75 Å². The third-order valence-corrected chi connectivity index (χ3v) is 4.54. The Hall–Kier alpha value is -4.80.